The second-order valence-electron chi connectivity index (χ2n) is 9.85. The molecule has 0 saturated carbocycles. The van der Waals surface area contributed by atoms with Crippen LogP contribution in [0.25, 0.3) is 0 Å². The number of para-hydroxylation sites is 1. The first kappa shape index (κ1) is 27.5. The number of hydrogen-bond donors (Lipinski definition) is 2. The fourth-order valence-electron chi connectivity index (χ4n) is 4.81. The Morgan fingerprint density at radius 2 is 1.61 bits per heavy atom. The average Bonchev–Trinajstić information content (AvgIpc) is 3.33. The van der Waals surface area contributed by atoms with Crippen LogP contribution in [0.4, 0.5) is 10.5 Å². The summed E-state index contributed by atoms with van der Waals surface area (Å²) in [6.07, 6.45) is -1.47. The number of ether oxygens (including phenoxy) is 2. The predicted molar refractivity (Wildman–Crippen MR) is 155 cm³/mol. The molecule has 0 spiro atoms. The van der Waals surface area contributed by atoms with Gasteiger partial charge in [0.1, 0.15) is 5.75 Å². The van der Waals surface area contributed by atoms with Gasteiger partial charge in [-0.2, -0.15) is 0 Å². The quantitative estimate of drug-likeness (QED) is 0.282. The summed E-state index contributed by atoms with van der Waals surface area (Å²) in [6, 6.07) is 30.4. The molecule has 2 atom stereocenters. The zero-order chi connectivity index (χ0) is 28.8. The molecule has 208 valence electrons. The Labute approximate surface area is 238 Å². The van der Waals surface area contributed by atoms with E-state index in [4.69, 9.17) is 9.47 Å². The molecule has 1 aliphatic rings. The summed E-state index contributed by atoms with van der Waals surface area (Å²) in [5.41, 5.74) is 4.38. The van der Waals surface area contributed by atoms with E-state index in [0.717, 1.165) is 16.7 Å². The Kier molecular flexibility index (Phi) is 8.29. The van der Waals surface area contributed by atoms with Crippen LogP contribution in [-0.2, 0) is 22.6 Å². The molecule has 4 aromatic rings. The number of anilines is 1. The smallest absolute Gasteiger partial charge is 0.411 e. The molecule has 8 heteroatoms. The van der Waals surface area contributed by atoms with Gasteiger partial charge in [-0.05, 0) is 47.9 Å². The molecule has 8 nitrogen and oxygen atoms in total. The first-order valence-electron chi connectivity index (χ1n) is 13.3. The normalized spacial score (nSPS) is 16.1. The van der Waals surface area contributed by atoms with Crippen LogP contribution in [0.15, 0.2) is 103 Å². The molecule has 3 amide bonds. The van der Waals surface area contributed by atoms with Crippen LogP contribution in [0.5, 0.6) is 5.75 Å². The number of carbonyl (C=O) groups is 3. The van der Waals surface area contributed by atoms with Gasteiger partial charge >= 0.3 is 6.09 Å². The summed E-state index contributed by atoms with van der Waals surface area (Å²) < 4.78 is 11.1. The first-order valence-corrected chi connectivity index (χ1v) is 13.3. The van der Waals surface area contributed by atoms with Crippen LogP contribution in [0.1, 0.15) is 38.7 Å². The minimum absolute atomic E-state index is 0.212. The van der Waals surface area contributed by atoms with Crippen molar-refractivity contribution in [2.45, 2.75) is 32.2 Å². The minimum atomic E-state index is -0.923. The minimum Gasteiger partial charge on any atom is -0.496 e. The highest BCUT2D eigenvalue weighted by atomic mass is 16.6. The van der Waals surface area contributed by atoms with Crippen LogP contribution in [0, 0.1) is 6.92 Å². The average molecular weight is 550 g/mol. The SMILES string of the molecule is COc1ccccc1C(=O)Nc1cccc(C2OC(=O)N(Cc3ccc(C)cc3)C2C(=O)NCc2ccccc2)c1. The third-order valence-corrected chi connectivity index (χ3v) is 6.96. The van der Waals surface area contributed by atoms with Crippen LogP contribution in [-0.4, -0.2) is 36.0 Å². The van der Waals surface area contributed by atoms with E-state index in [9.17, 15) is 14.4 Å². The standard InChI is InChI=1S/C33H31N3O5/c1-22-15-17-24(18-16-22)21-36-29(32(38)34-20-23-9-4-3-5-10-23)30(41-33(36)39)25-11-8-12-26(19-25)35-31(37)27-13-6-7-14-28(27)40-2/h3-19,29-30H,20-21H2,1-2H3,(H,34,38)(H,35,37). The number of rotatable bonds is 9. The monoisotopic (exact) mass is 549 g/mol. The maximum Gasteiger partial charge on any atom is 0.411 e. The van der Waals surface area contributed by atoms with E-state index < -0.39 is 18.2 Å². The second kappa shape index (κ2) is 12.4. The molecule has 2 unspecified atom stereocenters. The van der Waals surface area contributed by atoms with Crippen molar-refractivity contribution >= 4 is 23.6 Å². The fraction of sp³-hybridized carbons (Fsp3) is 0.182. The largest absolute Gasteiger partial charge is 0.496 e. The van der Waals surface area contributed by atoms with Crippen molar-refractivity contribution in [1.82, 2.24) is 10.2 Å². The van der Waals surface area contributed by atoms with Gasteiger partial charge in [-0.15, -0.1) is 0 Å². The van der Waals surface area contributed by atoms with Crippen molar-refractivity contribution < 1.29 is 23.9 Å². The van der Waals surface area contributed by atoms with Crippen molar-refractivity contribution in [1.29, 1.82) is 0 Å². The molecule has 1 fully saturated rings. The molecule has 0 aliphatic carbocycles. The van der Waals surface area contributed by atoms with Crippen molar-refractivity contribution in [3.63, 3.8) is 0 Å². The van der Waals surface area contributed by atoms with E-state index in [2.05, 4.69) is 10.6 Å². The zero-order valence-corrected chi connectivity index (χ0v) is 22.9. The molecule has 4 aromatic carbocycles. The number of amides is 3. The van der Waals surface area contributed by atoms with Crippen LogP contribution < -0.4 is 15.4 Å². The van der Waals surface area contributed by atoms with Gasteiger partial charge in [-0.3, -0.25) is 14.5 Å². The molecule has 1 aliphatic heterocycles. The highest BCUT2D eigenvalue weighted by molar-refractivity contribution is 6.06. The van der Waals surface area contributed by atoms with Crippen molar-refractivity contribution in [3.8, 4) is 5.75 Å². The summed E-state index contributed by atoms with van der Waals surface area (Å²) in [6.45, 7) is 2.51. The molecular formula is C33H31N3O5. The number of methoxy groups -OCH3 is 1. The molecule has 1 saturated heterocycles. The van der Waals surface area contributed by atoms with Gasteiger partial charge in [0.15, 0.2) is 12.1 Å². The molecule has 1 heterocycles. The van der Waals surface area contributed by atoms with Crippen molar-refractivity contribution in [2.75, 3.05) is 12.4 Å². The Morgan fingerprint density at radius 3 is 2.37 bits per heavy atom. The summed E-state index contributed by atoms with van der Waals surface area (Å²) in [5, 5.41) is 5.85. The lowest BCUT2D eigenvalue weighted by Crippen LogP contribution is -2.46. The maximum atomic E-state index is 13.7. The number of nitrogens with one attached hydrogen (secondary N) is 2. The van der Waals surface area contributed by atoms with E-state index in [0.29, 0.717) is 29.1 Å². The summed E-state index contributed by atoms with van der Waals surface area (Å²) in [5.74, 6) is -0.228. The van der Waals surface area contributed by atoms with Gasteiger partial charge in [0.25, 0.3) is 5.91 Å². The Bertz CT molecular complexity index is 1540. The number of nitrogens with zero attached hydrogens (tertiary/aromatic N) is 1. The summed E-state index contributed by atoms with van der Waals surface area (Å²) in [4.78, 5) is 41.3. The zero-order valence-electron chi connectivity index (χ0n) is 22.9. The van der Waals surface area contributed by atoms with Gasteiger partial charge in [0.2, 0.25) is 5.91 Å². The third kappa shape index (κ3) is 6.38. The fourth-order valence-corrected chi connectivity index (χ4v) is 4.81. The highest BCUT2D eigenvalue weighted by Crippen LogP contribution is 2.35. The Hall–Kier alpha value is -5.11. The molecule has 0 radical (unpaired) electrons. The highest BCUT2D eigenvalue weighted by Gasteiger charge is 2.47. The number of hydrogen-bond acceptors (Lipinski definition) is 5. The van der Waals surface area contributed by atoms with E-state index in [1.807, 2.05) is 61.5 Å². The van der Waals surface area contributed by atoms with E-state index in [-0.39, 0.29) is 18.4 Å². The topological polar surface area (TPSA) is 97.0 Å². The Morgan fingerprint density at radius 1 is 0.878 bits per heavy atom. The lowest BCUT2D eigenvalue weighted by atomic mass is 9.99. The maximum absolute atomic E-state index is 13.7. The van der Waals surface area contributed by atoms with Crippen molar-refractivity contribution in [3.05, 3.63) is 131 Å². The molecular weight excluding hydrogens is 518 g/mol. The number of aryl methyl sites for hydroxylation is 1. The van der Waals surface area contributed by atoms with Crippen LogP contribution >= 0.6 is 0 Å². The predicted octanol–water partition coefficient (Wildman–Crippen LogP) is 5.63. The summed E-state index contributed by atoms with van der Waals surface area (Å²) >= 11 is 0. The van der Waals surface area contributed by atoms with Gasteiger partial charge in [-0.25, -0.2) is 4.79 Å². The lowest BCUT2D eigenvalue weighted by Gasteiger charge is -2.24. The molecule has 2 N–H and O–H groups in total. The number of benzene rings is 4. The molecule has 41 heavy (non-hydrogen) atoms. The molecule has 0 bridgehead atoms. The number of carbonyl (C=O) groups excluding carboxylic acids is 3. The van der Waals surface area contributed by atoms with Gasteiger partial charge in [0, 0.05) is 12.2 Å². The van der Waals surface area contributed by atoms with Gasteiger partial charge in [0.05, 0.1) is 19.2 Å². The second-order valence-corrected chi connectivity index (χ2v) is 9.85. The first-order chi connectivity index (χ1) is 19.9. The lowest BCUT2D eigenvalue weighted by molar-refractivity contribution is -0.126. The van der Waals surface area contributed by atoms with Crippen LogP contribution in [0.3, 0.4) is 0 Å². The van der Waals surface area contributed by atoms with E-state index in [1.54, 1.807) is 48.5 Å². The van der Waals surface area contributed by atoms with E-state index >= 15 is 0 Å². The molecule has 5 rings (SSSR count). The van der Waals surface area contributed by atoms with Crippen molar-refractivity contribution in [2.24, 2.45) is 0 Å². The van der Waals surface area contributed by atoms with E-state index in [1.165, 1.54) is 12.0 Å². The Balaban J connectivity index is 1.41. The molecule has 0 aromatic heterocycles. The van der Waals surface area contributed by atoms with Gasteiger partial charge < -0.3 is 20.1 Å². The van der Waals surface area contributed by atoms with Gasteiger partial charge in [-0.1, -0.05) is 84.4 Å². The summed E-state index contributed by atoms with van der Waals surface area (Å²) in [7, 11) is 1.51. The van der Waals surface area contributed by atoms with Crippen LogP contribution in [0.2, 0.25) is 0 Å². The third-order valence-electron chi connectivity index (χ3n) is 6.96. The number of cyclic esters (lactones) is 1.